The van der Waals surface area contributed by atoms with E-state index in [0.717, 1.165) is 17.7 Å². The maximum atomic E-state index is 13.8. The first-order chi connectivity index (χ1) is 17.8. The Bertz CT molecular complexity index is 1490. The van der Waals surface area contributed by atoms with E-state index in [-0.39, 0.29) is 46.4 Å². The second-order valence-corrected chi connectivity index (χ2v) is 10.4. The molecule has 9 heteroatoms. The highest BCUT2D eigenvalue weighted by Crippen LogP contribution is 2.40. The third kappa shape index (κ3) is 3.98. The van der Waals surface area contributed by atoms with Gasteiger partial charge in [0.2, 0.25) is 0 Å². The molecule has 6 rings (SSSR count). The van der Waals surface area contributed by atoms with Gasteiger partial charge in [-0.2, -0.15) is 0 Å². The van der Waals surface area contributed by atoms with Crippen molar-refractivity contribution in [3.8, 4) is 0 Å². The summed E-state index contributed by atoms with van der Waals surface area (Å²) in [6.45, 7) is 3.70. The number of nitro benzene ring substituents is 1. The number of nitro groups is 1. The van der Waals surface area contributed by atoms with Gasteiger partial charge in [-0.05, 0) is 74.1 Å². The highest BCUT2D eigenvalue weighted by Gasteiger charge is 2.37. The van der Waals surface area contributed by atoms with Gasteiger partial charge in [-0.15, -0.1) is 0 Å². The van der Waals surface area contributed by atoms with Crippen LogP contribution in [-0.4, -0.2) is 34.5 Å². The van der Waals surface area contributed by atoms with Crippen molar-refractivity contribution in [1.29, 1.82) is 0 Å². The molecule has 2 aromatic carbocycles. The molecule has 190 valence electrons. The van der Waals surface area contributed by atoms with Crippen LogP contribution in [0.5, 0.6) is 0 Å². The Morgan fingerprint density at radius 3 is 2.68 bits per heavy atom. The first kappa shape index (κ1) is 23.4. The zero-order valence-electron chi connectivity index (χ0n) is 20.5. The predicted molar refractivity (Wildman–Crippen MR) is 138 cm³/mol. The zero-order valence-corrected chi connectivity index (χ0v) is 20.5. The number of benzene rings is 2. The van der Waals surface area contributed by atoms with E-state index < -0.39 is 4.92 Å². The van der Waals surface area contributed by atoms with E-state index >= 15 is 0 Å². The number of aromatic nitrogens is 1. The Kier molecular flexibility index (Phi) is 5.58. The van der Waals surface area contributed by atoms with Crippen molar-refractivity contribution in [2.45, 2.75) is 44.7 Å². The van der Waals surface area contributed by atoms with Crippen LogP contribution in [0.2, 0.25) is 0 Å². The van der Waals surface area contributed by atoms with Gasteiger partial charge in [0.25, 0.3) is 17.2 Å². The molecule has 1 amide bonds. The summed E-state index contributed by atoms with van der Waals surface area (Å²) in [5.74, 6) is -0.371. The maximum absolute atomic E-state index is 13.8. The van der Waals surface area contributed by atoms with Crippen molar-refractivity contribution >= 4 is 23.0 Å². The number of halogens is 1. The van der Waals surface area contributed by atoms with Crippen molar-refractivity contribution in [3.63, 3.8) is 0 Å². The van der Waals surface area contributed by atoms with Crippen molar-refractivity contribution < 1.29 is 14.1 Å². The molecule has 0 radical (unpaired) electrons. The molecule has 2 bridgehead atoms. The monoisotopic (exact) mass is 502 g/mol. The van der Waals surface area contributed by atoms with Crippen LogP contribution in [0.4, 0.5) is 21.5 Å². The molecule has 0 saturated carbocycles. The number of aryl methyl sites for hydroxylation is 1. The number of carbonyl (C=O) groups excluding carboxylic acids is 1. The molecule has 3 atom stereocenters. The number of piperidine rings is 1. The Balaban J connectivity index is 1.33. The van der Waals surface area contributed by atoms with E-state index in [1.165, 1.54) is 18.2 Å². The number of hydrogen-bond acceptors (Lipinski definition) is 5. The smallest absolute Gasteiger partial charge is 0.293 e. The third-order valence-corrected chi connectivity index (χ3v) is 8.03. The molecule has 3 unspecified atom stereocenters. The molecule has 1 aromatic heterocycles. The van der Waals surface area contributed by atoms with Crippen LogP contribution in [0.3, 0.4) is 0 Å². The summed E-state index contributed by atoms with van der Waals surface area (Å²) in [6, 6.07) is 14.3. The molecule has 0 N–H and O–H groups in total. The van der Waals surface area contributed by atoms with Crippen LogP contribution < -0.4 is 15.4 Å². The van der Waals surface area contributed by atoms with Gasteiger partial charge < -0.3 is 14.4 Å². The fraction of sp³-hybridized carbons (Fsp3) is 0.357. The molecule has 4 heterocycles. The Morgan fingerprint density at radius 2 is 1.86 bits per heavy atom. The number of rotatable bonds is 3. The van der Waals surface area contributed by atoms with Crippen molar-refractivity contribution in [2.75, 3.05) is 22.9 Å². The van der Waals surface area contributed by atoms with Crippen LogP contribution in [0, 0.1) is 21.8 Å². The highest BCUT2D eigenvalue weighted by molar-refractivity contribution is 6.08. The molecule has 0 aliphatic carbocycles. The number of nitrogens with zero attached hydrogens (tertiary/aromatic N) is 4. The van der Waals surface area contributed by atoms with Gasteiger partial charge in [-0.3, -0.25) is 19.7 Å². The minimum atomic E-state index is -0.433. The lowest BCUT2D eigenvalue weighted by Crippen LogP contribution is -2.47. The molecule has 8 nitrogen and oxygen atoms in total. The zero-order chi connectivity index (χ0) is 25.8. The molecule has 0 spiro atoms. The predicted octanol–water partition coefficient (Wildman–Crippen LogP) is 4.50. The van der Waals surface area contributed by atoms with Crippen molar-refractivity contribution in [3.05, 3.63) is 97.7 Å². The summed E-state index contributed by atoms with van der Waals surface area (Å²) >= 11 is 0. The Labute approximate surface area is 213 Å². The second kappa shape index (κ2) is 8.83. The second-order valence-electron chi connectivity index (χ2n) is 10.4. The molecular weight excluding hydrogens is 475 g/mol. The first-order valence-corrected chi connectivity index (χ1v) is 12.7. The van der Waals surface area contributed by atoms with Gasteiger partial charge >= 0.3 is 0 Å². The summed E-state index contributed by atoms with van der Waals surface area (Å²) in [5.41, 5.74) is 2.97. The lowest BCUT2D eigenvalue weighted by molar-refractivity contribution is -0.384. The number of amides is 1. The summed E-state index contributed by atoms with van der Waals surface area (Å²) in [5, 5.41) is 12.2. The van der Waals surface area contributed by atoms with Gasteiger partial charge in [0.05, 0.1) is 4.92 Å². The average molecular weight is 503 g/mol. The molecule has 37 heavy (non-hydrogen) atoms. The standard InChI is InChI=1S/C28H27FN4O4/c1-17-5-6-19-12-22(29)8-10-24(19)32(17)28(35)20-7-9-25(26(13-20)33(36)37)30-14-18-11-21(16-30)23-3-2-4-27(34)31(23)15-18/h2-4,7-10,12-13,17-18,21H,5-6,11,14-16H2,1H3. The quantitative estimate of drug-likeness (QED) is 0.389. The molecular formula is C28H27FN4O4. The van der Waals surface area contributed by atoms with E-state index in [4.69, 9.17) is 0 Å². The molecule has 3 aliphatic rings. The van der Waals surface area contributed by atoms with E-state index in [2.05, 4.69) is 0 Å². The maximum Gasteiger partial charge on any atom is 0.293 e. The Morgan fingerprint density at radius 1 is 1.05 bits per heavy atom. The van der Waals surface area contributed by atoms with Crippen LogP contribution in [-0.2, 0) is 13.0 Å². The highest BCUT2D eigenvalue weighted by atomic mass is 19.1. The van der Waals surface area contributed by atoms with Gasteiger partial charge in [-0.1, -0.05) is 6.07 Å². The van der Waals surface area contributed by atoms with E-state index in [9.17, 15) is 24.1 Å². The number of pyridine rings is 1. The van der Waals surface area contributed by atoms with E-state index in [1.807, 2.05) is 22.5 Å². The fourth-order valence-corrected chi connectivity index (χ4v) is 6.33. The molecule has 3 aromatic rings. The summed E-state index contributed by atoms with van der Waals surface area (Å²) in [4.78, 5) is 41.3. The molecule has 1 saturated heterocycles. The van der Waals surface area contributed by atoms with Gasteiger partial charge in [-0.25, -0.2) is 4.39 Å². The van der Waals surface area contributed by atoms with Gasteiger partial charge in [0, 0.05) is 60.7 Å². The number of anilines is 2. The SMILES string of the molecule is CC1CCc2cc(F)ccc2N1C(=O)c1ccc(N2CC3CC(C2)c2cccc(=O)n2C3)c([N+](=O)[O-])c1. The summed E-state index contributed by atoms with van der Waals surface area (Å²) in [7, 11) is 0. The van der Waals surface area contributed by atoms with Crippen molar-refractivity contribution in [1.82, 2.24) is 4.57 Å². The summed E-state index contributed by atoms with van der Waals surface area (Å²) in [6.07, 6.45) is 2.30. The summed E-state index contributed by atoms with van der Waals surface area (Å²) < 4.78 is 15.6. The fourth-order valence-electron chi connectivity index (χ4n) is 6.33. The minimum absolute atomic E-state index is 0.00857. The Hall–Kier alpha value is -4.01. The topological polar surface area (TPSA) is 88.7 Å². The van der Waals surface area contributed by atoms with E-state index in [0.29, 0.717) is 43.9 Å². The first-order valence-electron chi connectivity index (χ1n) is 12.7. The number of fused-ring (bicyclic) bond motifs is 5. The lowest BCUT2D eigenvalue weighted by atomic mass is 9.83. The van der Waals surface area contributed by atoms with Crippen molar-refractivity contribution in [2.24, 2.45) is 5.92 Å². The number of carbonyl (C=O) groups is 1. The van der Waals surface area contributed by atoms with Gasteiger partial charge in [0.1, 0.15) is 11.5 Å². The van der Waals surface area contributed by atoms with Crippen LogP contribution in [0.15, 0.2) is 59.4 Å². The lowest BCUT2D eigenvalue weighted by Gasteiger charge is -2.43. The van der Waals surface area contributed by atoms with Crippen LogP contribution >= 0.6 is 0 Å². The molecule has 3 aliphatic heterocycles. The third-order valence-electron chi connectivity index (χ3n) is 8.03. The minimum Gasteiger partial charge on any atom is -0.365 e. The normalized spacial score (nSPS) is 22.3. The number of hydrogen-bond donors (Lipinski definition) is 0. The molecule has 1 fully saturated rings. The van der Waals surface area contributed by atoms with Gasteiger partial charge in [0.15, 0.2) is 0 Å². The van der Waals surface area contributed by atoms with Crippen LogP contribution in [0.1, 0.15) is 47.3 Å². The largest absolute Gasteiger partial charge is 0.365 e. The average Bonchev–Trinajstić information content (AvgIpc) is 2.88. The van der Waals surface area contributed by atoms with Crippen LogP contribution in [0.25, 0.3) is 0 Å². The van der Waals surface area contributed by atoms with E-state index in [1.54, 1.807) is 35.2 Å².